The molecule has 0 saturated carbocycles. The Balaban J connectivity index is 1.92. The summed E-state index contributed by atoms with van der Waals surface area (Å²) in [6, 6.07) is 6.52. The first kappa shape index (κ1) is 11.5. The number of nitrogens with zero attached hydrogens (tertiary/aromatic N) is 2. The summed E-state index contributed by atoms with van der Waals surface area (Å²) in [6.45, 7) is 1.22. The van der Waals surface area contributed by atoms with Gasteiger partial charge >= 0.3 is 0 Å². The van der Waals surface area contributed by atoms with Crippen LogP contribution in [0.3, 0.4) is 0 Å². The number of aromatic nitrogens is 2. The van der Waals surface area contributed by atoms with Crippen LogP contribution in [0.4, 0.5) is 0 Å². The summed E-state index contributed by atoms with van der Waals surface area (Å²) in [7, 11) is 1.88. The Morgan fingerprint density at radius 3 is 2.71 bits per heavy atom. The van der Waals surface area contributed by atoms with E-state index in [4.69, 9.17) is 5.11 Å². The third-order valence-electron chi connectivity index (χ3n) is 2.61. The van der Waals surface area contributed by atoms with E-state index in [1.165, 1.54) is 6.07 Å². The van der Waals surface area contributed by atoms with E-state index < -0.39 is 0 Å². The highest BCUT2D eigenvalue weighted by Gasteiger charge is 2.03. The zero-order valence-corrected chi connectivity index (χ0v) is 9.59. The van der Waals surface area contributed by atoms with E-state index in [1.807, 2.05) is 13.1 Å². The van der Waals surface area contributed by atoms with E-state index >= 15 is 0 Å². The number of rotatable bonds is 4. The third kappa shape index (κ3) is 2.76. The number of hydrogen-bond acceptors (Lipinski definition) is 4. The second-order valence-electron chi connectivity index (χ2n) is 3.86. The van der Waals surface area contributed by atoms with Crippen molar-refractivity contribution in [2.24, 2.45) is 7.05 Å². The molecule has 2 aromatic rings. The van der Waals surface area contributed by atoms with Crippen molar-refractivity contribution in [2.45, 2.75) is 13.1 Å². The molecule has 0 amide bonds. The molecule has 1 aromatic heterocycles. The lowest BCUT2D eigenvalue weighted by Gasteiger charge is -2.07. The molecule has 0 bridgehead atoms. The summed E-state index contributed by atoms with van der Waals surface area (Å²) >= 11 is 0. The number of phenolic OH excluding ortho intramolecular Hbond substituents is 2. The standard InChI is InChI=1S/C12H15N3O2/c1-15-10(4-5-14-15)8-13-7-9-2-3-11(16)6-12(9)17/h2-6,13,16-17H,7-8H2,1H3. The number of phenols is 2. The first-order valence-electron chi connectivity index (χ1n) is 5.35. The fourth-order valence-corrected chi connectivity index (χ4v) is 1.60. The Kier molecular flexibility index (Phi) is 3.30. The van der Waals surface area contributed by atoms with Gasteiger partial charge in [-0.25, -0.2) is 0 Å². The second kappa shape index (κ2) is 4.88. The maximum Gasteiger partial charge on any atom is 0.123 e. The van der Waals surface area contributed by atoms with Crippen LogP contribution in [0, 0.1) is 0 Å². The molecule has 0 spiro atoms. The van der Waals surface area contributed by atoms with Crippen molar-refractivity contribution < 1.29 is 10.2 Å². The van der Waals surface area contributed by atoms with Crippen LogP contribution in [0.25, 0.3) is 0 Å². The van der Waals surface area contributed by atoms with Crippen LogP contribution in [0.5, 0.6) is 11.5 Å². The number of aryl methyl sites for hydroxylation is 1. The molecule has 3 N–H and O–H groups in total. The van der Waals surface area contributed by atoms with Crippen LogP contribution in [0.1, 0.15) is 11.3 Å². The average molecular weight is 233 g/mol. The summed E-state index contributed by atoms with van der Waals surface area (Å²) in [5.41, 5.74) is 1.83. The van der Waals surface area contributed by atoms with Crippen molar-refractivity contribution in [2.75, 3.05) is 0 Å². The molecule has 1 aromatic carbocycles. The minimum Gasteiger partial charge on any atom is -0.508 e. The molecule has 0 radical (unpaired) electrons. The molecule has 0 saturated heterocycles. The highest BCUT2D eigenvalue weighted by atomic mass is 16.3. The Labute approximate surface area is 99.3 Å². The van der Waals surface area contributed by atoms with E-state index in [0.717, 1.165) is 11.3 Å². The number of nitrogens with one attached hydrogen (secondary N) is 1. The van der Waals surface area contributed by atoms with Crippen molar-refractivity contribution >= 4 is 0 Å². The molecule has 17 heavy (non-hydrogen) atoms. The Morgan fingerprint density at radius 1 is 1.24 bits per heavy atom. The van der Waals surface area contributed by atoms with Gasteiger partial charge in [0.15, 0.2) is 0 Å². The second-order valence-corrected chi connectivity index (χ2v) is 3.86. The van der Waals surface area contributed by atoms with Crippen LogP contribution < -0.4 is 5.32 Å². The van der Waals surface area contributed by atoms with Crippen molar-refractivity contribution in [3.8, 4) is 11.5 Å². The first-order chi connectivity index (χ1) is 8.16. The van der Waals surface area contributed by atoms with Gasteiger partial charge in [-0.15, -0.1) is 0 Å². The molecular formula is C12H15N3O2. The van der Waals surface area contributed by atoms with Gasteiger partial charge in [0.05, 0.1) is 5.69 Å². The molecule has 2 rings (SSSR count). The SMILES string of the molecule is Cn1nccc1CNCc1ccc(O)cc1O. The first-order valence-corrected chi connectivity index (χ1v) is 5.35. The number of aromatic hydroxyl groups is 2. The number of benzene rings is 1. The van der Waals surface area contributed by atoms with Gasteiger partial charge in [0.1, 0.15) is 11.5 Å². The normalized spacial score (nSPS) is 10.6. The molecule has 5 nitrogen and oxygen atoms in total. The Morgan fingerprint density at radius 2 is 2.06 bits per heavy atom. The molecule has 0 aliphatic rings. The van der Waals surface area contributed by atoms with E-state index in [1.54, 1.807) is 23.0 Å². The van der Waals surface area contributed by atoms with Gasteiger partial charge < -0.3 is 15.5 Å². The molecule has 5 heteroatoms. The van der Waals surface area contributed by atoms with Gasteiger partial charge in [-0.05, 0) is 12.1 Å². The molecule has 0 fully saturated rings. The summed E-state index contributed by atoms with van der Waals surface area (Å²) < 4.78 is 1.80. The molecule has 0 unspecified atom stereocenters. The molecule has 1 heterocycles. The van der Waals surface area contributed by atoms with Crippen molar-refractivity contribution in [1.29, 1.82) is 0 Å². The largest absolute Gasteiger partial charge is 0.508 e. The van der Waals surface area contributed by atoms with Gasteiger partial charge in [-0.1, -0.05) is 6.07 Å². The van der Waals surface area contributed by atoms with Crippen LogP contribution in [0.2, 0.25) is 0 Å². The van der Waals surface area contributed by atoms with Gasteiger partial charge in [-0.3, -0.25) is 4.68 Å². The van der Waals surface area contributed by atoms with Crippen molar-refractivity contribution in [1.82, 2.24) is 15.1 Å². The van der Waals surface area contributed by atoms with Crippen molar-refractivity contribution in [3.63, 3.8) is 0 Å². The van der Waals surface area contributed by atoms with Crippen LogP contribution >= 0.6 is 0 Å². The molecule has 0 aliphatic heterocycles. The fraction of sp³-hybridized carbons (Fsp3) is 0.250. The average Bonchev–Trinajstić information content (AvgIpc) is 2.68. The fourth-order valence-electron chi connectivity index (χ4n) is 1.60. The van der Waals surface area contributed by atoms with Gasteiger partial charge in [0.25, 0.3) is 0 Å². The van der Waals surface area contributed by atoms with Gasteiger partial charge in [0, 0.05) is 38.0 Å². The number of hydrogen-bond donors (Lipinski definition) is 3. The lowest BCUT2D eigenvalue weighted by molar-refractivity contribution is 0.443. The predicted molar refractivity (Wildman–Crippen MR) is 63.5 cm³/mol. The van der Waals surface area contributed by atoms with Gasteiger partial charge in [-0.2, -0.15) is 5.10 Å². The lowest BCUT2D eigenvalue weighted by Crippen LogP contribution is -2.15. The summed E-state index contributed by atoms with van der Waals surface area (Å²) in [5.74, 6) is 0.167. The monoisotopic (exact) mass is 233 g/mol. The van der Waals surface area contributed by atoms with Gasteiger partial charge in [0.2, 0.25) is 0 Å². The highest BCUT2D eigenvalue weighted by molar-refractivity contribution is 5.38. The van der Waals surface area contributed by atoms with E-state index in [0.29, 0.717) is 13.1 Å². The summed E-state index contributed by atoms with van der Waals surface area (Å²) in [4.78, 5) is 0. The minimum absolute atomic E-state index is 0.0675. The quantitative estimate of drug-likeness (QED) is 0.740. The lowest BCUT2D eigenvalue weighted by atomic mass is 10.2. The zero-order valence-electron chi connectivity index (χ0n) is 9.59. The maximum atomic E-state index is 9.59. The summed E-state index contributed by atoms with van der Waals surface area (Å²) in [6.07, 6.45) is 1.75. The molecule has 0 aliphatic carbocycles. The van der Waals surface area contributed by atoms with Crippen LogP contribution in [-0.4, -0.2) is 20.0 Å². The molecule has 90 valence electrons. The smallest absolute Gasteiger partial charge is 0.123 e. The Hall–Kier alpha value is -2.01. The van der Waals surface area contributed by atoms with Crippen LogP contribution in [-0.2, 0) is 20.1 Å². The predicted octanol–water partition coefficient (Wildman–Crippen LogP) is 1.12. The highest BCUT2D eigenvalue weighted by Crippen LogP contribution is 2.22. The Bertz CT molecular complexity index is 508. The van der Waals surface area contributed by atoms with Crippen LogP contribution in [0.15, 0.2) is 30.5 Å². The molecular weight excluding hydrogens is 218 g/mol. The molecule has 0 atom stereocenters. The maximum absolute atomic E-state index is 9.59. The summed E-state index contributed by atoms with van der Waals surface area (Å²) in [5, 5.41) is 26.0. The topological polar surface area (TPSA) is 70.3 Å². The third-order valence-corrected chi connectivity index (χ3v) is 2.61. The van der Waals surface area contributed by atoms with E-state index in [-0.39, 0.29) is 11.5 Å². The van der Waals surface area contributed by atoms with Crippen molar-refractivity contribution in [3.05, 3.63) is 41.7 Å². The minimum atomic E-state index is 0.0675. The zero-order chi connectivity index (χ0) is 12.3. The van der Waals surface area contributed by atoms with E-state index in [2.05, 4.69) is 10.4 Å². The van der Waals surface area contributed by atoms with E-state index in [9.17, 15) is 5.11 Å².